The van der Waals surface area contributed by atoms with E-state index in [-0.39, 0.29) is 18.4 Å². The van der Waals surface area contributed by atoms with Crippen molar-refractivity contribution < 1.29 is 5.11 Å². The third-order valence-electron chi connectivity index (χ3n) is 2.63. The molecule has 0 aliphatic rings. The van der Waals surface area contributed by atoms with Gasteiger partial charge in [0.2, 0.25) is 0 Å². The molecule has 0 saturated carbocycles. The highest BCUT2D eigenvalue weighted by Gasteiger charge is 2.19. The second-order valence-corrected chi connectivity index (χ2v) is 3.72. The summed E-state index contributed by atoms with van der Waals surface area (Å²) in [4.78, 5) is 1.96. The molecule has 2 nitrogen and oxygen atoms in total. The van der Waals surface area contributed by atoms with Crippen LogP contribution in [0.5, 0.6) is 0 Å². The van der Waals surface area contributed by atoms with Gasteiger partial charge in [0.15, 0.2) is 0 Å². The Balaban J connectivity index is 0.00000225. The first kappa shape index (κ1) is 15.0. The molecule has 0 saturated heterocycles. The molecule has 0 spiro atoms. The van der Waals surface area contributed by atoms with Gasteiger partial charge in [-0.2, -0.15) is 0 Å². The number of likely N-dealkylation sites (N-methyl/N-ethyl adjacent to an activating group) is 1. The zero-order valence-corrected chi connectivity index (χ0v) is 10.4. The van der Waals surface area contributed by atoms with Gasteiger partial charge in [-0.3, -0.25) is 4.90 Å². The van der Waals surface area contributed by atoms with Gasteiger partial charge in [0.1, 0.15) is 0 Å². The summed E-state index contributed by atoms with van der Waals surface area (Å²) < 4.78 is 0. The number of aliphatic hydroxyl groups excluding tert-OH is 1. The lowest BCUT2D eigenvalue weighted by Gasteiger charge is -2.27. The lowest BCUT2D eigenvalue weighted by molar-refractivity contribution is 0.0796. The predicted octanol–water partition coefficient (Wildman–Crippen LogP) is 2.10. The fourth-order valence-electron chi connectivity index (χ4n) is 1.46. The largest absolute Gasteiger partial charge is 0.387 e. The summed E-state index contributed by atoms with van der Waals surface area (Å²) in [5.74, 6) is 2.57. The molecule has 2 unspecified atom stereocenters. The third-order valence-corrected chi connectivity index (χ3v) is 2.63. The van der Waals surface area contributed by atoms with Crippen molar-refractivity contribution in [2.45, 2.75) is 19.1 Å². The fraction of sp³-hybridized carbons (Fsp3) is 0.385. The van der Waals surface area contributed by atoms with Gasteiger partial charge < -0.3 is 5.11 Å². The van der Waals surface area contributed by atoms with Gasteiger partial charge in [0.25, 0.3) is 0 Å². The molecule has 3 heteroatoms. The van der Waals surface area contributed by atoms with E-state index in [9.17, 15) is 5.11 Å². The highest BCUT2D eigenvalue weighted by atomic mass is 35.5. The van der Waals surface area contributed by atoms with E-state index in [1.165, 1.54) is 0 Å². The molecular weight excluding hydrogens is 222 g/mol. The number of nitrogens with zero attached hydrogens (tertiary/aromatic N) is 1. The molecule has 0 amide bonds. The SMILES string of the molecule is C#CCN(C)C(C)C(O)c1ccccc1.Cl. The van der Waals surface area contributed by atoms with E-state index in [1.807, 2.05) is 49.2 Å². The van der Waals surface area contributed by atoms with Gasteiger partial charge in [0.05, 0.1) is 12.6 Å². The van der Waals surface area contributed by atoms with E-state index in [0.29, 0.717) is 6.54 Å². The van der Waals surface area contributed by atoms with E-state index in [4.69, 9.17) is 6.42 Å². The highest BCUT2D eigenvalue weighted by Crippen LogP contribution is 2.19. The summed E-state index contributed by atoms with van der Waals surface area (Å²) in [6.07, 6.45) is 4.74. The second kappa shape index (κ2) is 7.29. The van der Waals surface area contributed by atoms with Crippen molar-refractivity contribution in [3.63, 3.8) is 0 Å². The Kier molecular flexibility index (Phi) is 6.83. The van der Waals surface area contributed by atoms with Crippen LogP contribution in [0.25, 0.3) is 0 Å². The molecule has 1 N–H and O–H groups in total. The van der Waals surface area contributed by atoms with Crippen LogP contribution in [0.15, 0.2) is 30.3 Å². The summed E-state index contributed by atoms with van der Waals surface area (Å²) in [6.45, 7) is 2.51. The molecule has 1 aromatic carbocycles. The minimum Gasteiger partial charge on any atom is -0.387 e. The Morgan fingerprint density at radius 2 is 1.94 bits per heavy atom. The van der Waals surface area contributed by atoms with Crippen LogP contribution >= 0.6 is 12.4 Å². The van der Waals surface area contributed by atoms with Crippen LogP contribution in [0, 0.1) is 12.3 Å². The number of aliphatic hydroxyl groups is 1. The summed E-state index contributed by atoms with van der Waals surface area (Å²) in [6, 6.07) is 9.64. The topological polar surface area (TPSA) is 23.5 Å². The monoisotopic (exact) mass is 239 g/mol. The smallest absolute Gasteiger partial charge is 0.0942 e. The maximum atomic E-state index is 10.1. The number of terminal acetylenes is 1. The van der Waals surface area contributed by atoms with Crippen LogP contribution in [0.3, 0.4) is 0 Å². The molecule has 0 radical (unpaired) electrons. The summed E-state index contributed by atoms with van der Waals surface area (Å²) in [5.41, 5.74) is 0.925. The Morgan fingerprint density at radius 1 is 1.38 bits per heavy atom. The van der Waals surface area contributed by atoms with Crippen molar-refractivity contribution in [1.82, 2.24) is 4.90 Å². The van der Waals surface area contributed by atoms with Crippen molar-refractivity contribution in [2.75, 3.05) is 13.6 Å². The molecular formula is C13H18ClNO. The number of rotatable bonds is 4. The van der Waals surface area contributed by atoms with Crippen molar-refractivity contribution in [2.24, 2.45) is 0 Å². The summed E-state index contributed by atoms with van der Waals surface area (Å²) >= 11 is 0. The van der Waals surface area contributed by atoms with Gasteiger partial charge in [-0.1, -0.05) is 36.3 Å². The van der Waals surface area contributed by atoms with Gasteiger partial charge >= 0.3 is 0 Å². The predicted molar refractivity (Wildman–Crippen MR) is 69.6 cm³/mol. The van der Waals surface area contributed by atoms with Crippen molar-refractivity contribution >= 4 is 12.4 Å². The molecule has 2 atom stereocenters. The van der Waals surface area contributed by atoms with Crippen molar-refractivity contribution in [1.29, 1.82) is 0 Å². The average molecular weight is 240 g/mol. The zero-order chi connectivity index (χ0) is 11.3. The normalized spacial score (nSPS) is 13.7. The van der Waals surface area contributed by atoms with Gasteiger partial charge in [0, 0.05) is 6.04 Å². The molecule has 0 aromatic heterocycles. The van der Waals surface area contributed by atoms with Crippen LogP contribution in [-0.2, 0) is 0 Å². The zero-order valence-electron chi connectivity index (χ0n) is 9.63. The minimum absolute atomic E-state index is 0. The lowest BCUT2D eigenvalue weighted by Crippen LogP contribution is -2.34. The number of hydrogen-bond acceptors (Lipinski definition) is 2. The van der Waals surface area contributed by atoms with Crippen LogP contribution in [-0.4, -0.2) is 29.6 Å². The molecule has 88 valence electrons. The highest BCUT2D eigenvalue weighted by molar-refractivity contribution is 5.85. The van der Waals surface area contributed by atoms with Crippen LogP contribution < -0.4 is 0 Å². The van der Waals surface area contributed by atoms with E-state index >= 15 is 0 Å². The molecule has 0 aliphatic heterocycles. The number of halogens is 1. The summed E-state index contributed by atoms with van der Waals surface area (Å²) in [7, 11) is 1.91. The Morgan fingerprint density at radius 3 is 2.44 bits per heavy atom. The Hall–Kier alpha value is -1.01. The van der Waals surface area contributed by atoms with E-state index in [2.05, 4.69) is 5.92 Å². The quantitative estimate of drug-likeness (QED) is 0.814. The molecule has 0 heterocycles. The van der Waals surface area contributed by atoms with Crippen LogP contribution in [0.2, 0.25) is 0 Å². The average Bonchev–Trinajstić information content (AvgIpc) is 2.28. The number of benzene rings is 1. The fourth-order valence-corrected chi connectivity index (χ4v) is 1.46. The molecule has 1 rings (SSSR count). The summed E-state index contributed by atoms with van der Waals surface area (Å²) in [5, 5.41) is 10.1. The standard InChI is InChI=1S/C13H17NO.ClH/c1-4-10-14(3)11(2)13(15)12-8-6-5-7-9-12;/h1,5-9,11,13,15H,10H2,2-3H3;1H. The van der Waals surface area contributed by atoms with Crippen LogP contribution in [0.4, 0.5) is 0 Å². The van der Waals surface area contributed by atoms with Gasteiger partial charge in [-0.15, -0.1) is 18.8 Å². The first-order valence-corrected chi connectivity index (χ1v) is 5.03. The third kappa shape index (κ3) is 3.86. The maximum Gasteiger partial charge on any atom is 0.0942 e. The molecule has 0 bridgehead atoms. The van der Waals surface area contributed by atoms with E-state index < -0.39 is 6.10 Å². The number of hydrogen-bond donors (Lipinski definition) is 1. The molecule has 0 fully saturated rings. The molecule has 1 aromatic rings. The Bertz CT molecular complexity index is 334. The van der Waals surface area contributed by atoms with Gasteiger partial charge in [-0.25, -0.2) is 0 Å². The Labute approximate surface area is 104 Å². The van der Waals surface area contributed by atoms with Crippen LogP contribution in [0.1, 0.15) is 18.6 Å². The first-order chi connectivity index (χ1) is 7.16. The maximum absolute atomic E-state index is 10.1. The minimum atomic E-state index is -0.496. The lowest BCUT2D eigenvalue weighted by atomic mass is 10.0. The van der Waals surface area contributed by atoms with Crippen molar-refractivity contribution in [3.05, 3.63) is 35.9 Å². The molecule has 0 aliphatic carbocycles. The first-order valence-electron chi connectivity index (χ1n) is 5.03. The van der Waals surface area contributed by atoms with Crippen molar-refractivity contribution in [3.8, 4) is 12.3 Å². The van der Waals surface area contributed by atoms with E-state index in [1.54, 1.807) is 0 Å². The molecule has 16 heavy (non-hydrogen) atoms. The second-order valence-electron chi connectivity index (χ2n) is 3.72. The van der Waals surface area contributed by atoms with E-state index in [0.717, 1.165) is 5.56 Å². The van der Waals surface area contributed by atoms with Gasteiger partial charge in [-0.05, 0) is 19.5 Å².